The number of hydrogen-bond acceptors (Lipinski definition) is 5. The van der Waals surface area contributed by atoms with Gasteiger partial charge in [0.2, 0.25) is 5.91 Å². The van der Waals surface area contributed by atoms with E-state index >= 15 is 0 Å². The van der Waals surface area contributed by atoms with Crippen LogP contribution in [0.25, 0.3) is 0 Å². The molecule has 0 aliphatic rings. The quantitative estimate of drug-likeness (QED) is 0.447. The Morgan fingerprint density at radius 1 is 1.35 bits per heavy atom. The van der Waals surface area contributed by atoms with E-state index in [4.69, 9.17) is 15.9 Å². The lowest BCUT2D eigenvalue weighted by Gasteiger charge is -2.16. The average Bonchev–Trinajstić information content (AvgIpc) is 2.23. The molecule has 0 spiro atoms. The van der Waals surface area contributed by atoms with Crippen LogP contribution in [0.2, 0.25) is 0 Å². The van der Waals surface area contributed by atoms with Gasteiger partial charge in [0, 0.05) is 0 Å². The molecule has 0 aromatic heterocycles. The summed E-state index contributed by atoms with van der Waals surface area (Å²) in [6.07, 6.45) is 1.60. The molecular weight excluding hydrogens is 248 g/mol. The number of amides is 1. The molecule has 0 aromatic rings. The van der Waals surface area contributed by atoms with Gasteiger partial charge in [-0.1, -0.05) is 0 Å². The highest BCUT2D eigenvalue weighted by atomic mass is 32.2. The minimum absolute atomic E-state index is 0.409. The number of carboxylic acid groups (broad SMARTS) is 2. The van der Waals surface area contributed by atoms with Crippen molar-refractivity contribution in [3.05, 3.63) is 0 Å². The smallest absolute Gasteiger partial charge is 0.326 e. The van der Waals surface area contributed by atoms with Gasteiger partial charge in [-0.3, -0.25) is 9.59 Å². The molecular formula is C9H16N2O5S. The van der Waals surface area contributed by atoms with E-state index in [-0.39, 0.29) is 0 Å². The van der Waals surface area contributed by atoms with Gasteiger partial charge in [0.05, 0.1) is 12.5 Å². The van der Waals surface area contributed by atoms with Gasteiger partial charge in [0.25, 0.3) is 0 Å². The first kappa shape index (κ1) is 15.7. The standard InChI is InChI=1S/C9H16N2O5S/c1-17-3-2-5(10)8(14)11-6(9(15)16)4-7(12)13/h5-6H,2-4,10H2,1H3,(H,11,14)(H,12,13)(H,15,16). The number of thioether (sulfide) groups is 1. The number of hydrogen-bond donors (Lipinski definition) is 4. The molecule has 5 N–H and O–H groups in total. The molecule has 0 bridgehead atoms. The molecule has 8 heteroatoms. The maximum atomic E-state index is 11.4. The maximum Gasteiger partial charge on any atom is 0.326 e. The molecule has 0 aliphatic carbocycles. The predicted molar refractivity (Wildman–Crippen MR) is 62.8 cm³/mol. The molecule has 17 heavy (non-hydrogen) atoms. The molecule has 0 aromatic carbocycles. The van der Waals surface area contributed by atoms with Gasteiger partial charge < -0.3 is 21.3 Å². The first-order valence-corrected chi connectivity index (χ1v) is 6.27. The van der Waals surface area contributed by atoms with Crippen molar-refractivity contribution in [1.82, 2.24) is 5.32 Å². The van der Waals surface area contributed by atoms with Gasteiger partial charge in [-0.05, 0) is 18.4 Å². The number of aliphatic carboxylic acids is 2. The van der Waals surface area contributed by atoms with E-state index in [1.165, 1.54) is 11.8 Å². The van der Waals surface area contributed by atoms with Crippen LogP contribution in [0.4, 0.5) is 0 Å². The third-order valence-electron chi connectivity index (χ3n) is 1.96. The third-order valence-corrected chi connectivity index (χ3v) is 2.61. The minimum atomic E-state index is -1.44. The molecule has 0 heterocycles. The maximum absolute atomic E-state index is 11.4. The van der Waals surface area contributed by atoms with Crippen molar-refractivity contribution in [2.75, 3.05) is 12.0 Å². The van der Waals surface area contributed by atoms with Crippen molar-refractivity contribution in [1.29, 1.82) is 0 Å². The van der Waals surface area contributed by atoms with Crippen LogP contribution in [0.5, 0.6) is 0 Å². The highest BCUT2D eigenvalue weighted by Crippen LogP contribution is 2.00. The first-order valence-electron chi connectivity index (χ1n) is 4.88. The fraction of sp³-hybridized carbons (Fsp3) is 0.667. The van der Waals surface area contributed by atoms with Crippen LogP contribution >= 0.6 is 11.8 Å². The van der Waals surface area contributed by atoms with Crippen molar-refractivity contribution in [2.45, 2.75) is 24.9 Å². The first-order chi connectivity index (χ1) is 7.88. The molecule has 98 valence electrons. The lowest BCUT2D eigenvalue weighted by molar-refractivity contribution is -0.147. The molecule has 2 atom stereocenters. The number of rotatable bonds is 8. The Morgan fingerprint density at radius 2 is 1.94 bits per heavy atom. The zero-order valence-electron chi connectivity index (χ0n) is 9.38. The zero-order valence-corrected chi connectivity index (χ0v) is 10.2. The number of carboxylic acids is 2. The van der Waals surface area contributed by atoms with Crippen LogP contribution in [0.15, 0.2) is 0 Å². The predicted octanol–water partition coefficient (Wildman–Crippen LogP) is -0.889. The van der Waals surface area contributed by atoms with Gasteiger partial charge in [-0.25, -0.2) is 4.79 Å². The molecule has 1 amide bonds. The average molecular weight is 264 g/mol. The number of carbonyl (C=O) groups is 3. The van der Waals surface area contributed by atoms with E-state index in [0.717, 1.165) is 0 Å². The van der Waals surface area contributed by atoms with E-state index in [1.807, 2.05) is 6.26 Å². The largest absolute Gasteiger partial charge is 0.481 e. The summed E-state index contributed by atoms with van der Waals surface area (Å²) in [5.41, 5.74) is 5.52. The van der Waals surface area contributed by atoms with Crippen LogP contribution in [0.3, 0.4) is 0 Å². The molecule has 0 aliphatic heterocycles. The summed E-state index contributed by atoms with van der Waals surface area (Å²) in [4.78, 5) is 32.5. The van der Waals surface area contributed by atoms with Gasteiger partial charge in [0.15, 0.2) is 0 Å². The number of nitrogens with two attached hydrogens (primary N) is 1. The fourth-order valence-electron chi connectivity index (χ4n) is 1.03. The third kappa shape index (κ3) is 6.80. The van der Waals surface area contributed by atoms with E-state index in [1.54, 1.807) is 0 Å². The summed E-state index contributed by atoms with van der Waals surface area (Å²) in [5.74, 6) is -2.66. The normalized spacial score (nSPS) is 13.8. The second-order valence-corrected chi connectivity index (χ2v) is 4.37. The monoisotopic (exact) mass is 264 g/mol. The van der Waals surface area contributed by atoms with E-state index < -0.39 is 36.4 Å². The van der Waals surface area contributed by atoms with Crippen LogP contribution in [-0.2, 0) is 14.4 Å². The van der Waals surface area contributed by atoms with Crippen LogP contribution < -0.4 is 11.1 Å². The Balaban J connectivity index is 4.29. The molecule has 0 radical (unpaired) electrons. The second kappa shape index (κ2) is 7.91. The lowest BCUT2D eigenvalue weighted by atomic mass is 10.1. The second-order valence-electron chi connectivity index (χ2n) is 3.39. The Morgan fingerprint density at radius 3 is 2.35 bits per heavy atom. The molecule has 0 saturated heterocycles. The van der Waals surface area contributed by atoms with Gasteiger partial charge in [0.1, 0.15) is 6.04 Å². The summed E-state index contributed by atoms with van der Waals surface area (Å²) >= 11 is 1.51. The number of nitrogens with one attached hydrogen (secondary N) is 1. The van der Waals surface area contributed by atoms with Gasteiger partial charge >= 0.3 is 11.9 Å². The van der Waals surface area contributed by atoms with E-state index in [2.05, 4.69) is 5.32 Å². The summed E-state index contributed by atoms with van der Waals surface area (Å²) in [6, 6.07) is -2.27. The topological polar surface area (TPSA) is 130 Å². The fourth-order valence-corrected chi connectivity index (χ4v) is 1.52. The Bertz CT molecular complexity index is 297. The zero-order chi connectivity index (χ0) is 13.4. The van der Waals surface area contributed by atoms with Gasteiger partial charge in [-0.2, -0.15) is 11.8 Å². The molecule has 0 rings (SSSR count). The molecule has 2 unspecified atom stereocenters. The summed E-state index contributed by atoms with van der Waals surface area (Å²) in [5, 5.41) is 19.3. The highest BCUT2D eigenvalue weighted by molar-refractivity contribution is 7.98. The molecule has 0 fully saturated rings. The van der Waals surface area contributed by atoms with E-state index in [9.17, 15) is 14.4 Å². The number of carbonyl (C=O) groups excluding carboxylic acids is 1. The van der Waals surface area contributed by atoms with Crippen LogP contribution in [0.1, 0.15) is 12.8 Å². The van der Waals surface area contributed by atoms with Crippen molar-refractivity contribution >= 4 is 29.6 Å². The van der Waals surface area contributed by atoms with Crippen molar-refractivity contribution in [3.63, 3.8) is 0 Å². The highest BCUT2D eigenvalue weighted by Gasteiger charge is 2.25. The van der Waals surface area contributed by atoms with Crippen LogP contribution in [-0.4, -0.2) is 52.2 Å². The minimum Gasteiger partial charge on any atom is -0.481 e. The summed E-state index contributed by atoms with van der Waals surface area (Å²) < 4.78 is 0. The lowest BCUT2D eigenvalue weighted by Crippen LogP contribution is -2.49. The van der Waals surface area contributed by atoms with Crippen LogP contribution in [0, 0.1) is 0 Å². The molecule has 7 nitrogen and oxygen atoms in total. The van der Waals surface area contributed by atoms with Gasteiger partial charge in [-0.15, -0.1) is 0 Å². The summed E-state index contributed by atoms with van der Waals surface area (Å²) in [6.45, 7) is 0. The van der Waals surface area contributed by atoms with Crippen molar-refractivity contribution in [2.24, 2.45) is 5.73 Å². The summed E-state index contributed by atoms with van der Waals surface area (Å²) in [7, 11) is 0. The Kier molecular flexibility index (Phi) is 7.31. The van der Waals surface area contributed by atoms with Crippen molar-refractivity contribution < 1.29 is 24.6 Å². The Labute approximate surface area is 103 Å². The molecule has 0 saturated carbocycles. The van der Waals surface area contributed by atoms with E-state index in [0.29, 0.717) is 12.2 Å². The SMILES string of the molecule is CSCCC(N)C(=O)NC(CC(=O)O)C(=O)O. The van der Waals surface area contributed by atoms with Crippen molar-refractivity contribution in [3.8, 4) is 0 Å². The Hall–Kier alpha value is -1.28.